The minimum atomic E-state index is -0.0329. The van der Waals surface area contributed by atoms with Gasteiger partial charge in [0.05, 0.1) is 18.0 Å². The number of amides is 1. The fourth-order valence-electron chi connectivity index (χ4n) is 2.10. The van der Waals surface area contributed by atoms with E-state index < -0.39 is 0 Å². The maximum Gasteiger partial charge on any atom is 0.253 e. The summed E-state index contributed by atoms with van der Waals surface area (Å²) in [4.78, 5) is 11.8. The largest absolute Gasteiger partial charge is 0.349 e. The second-order valence-corrected chi connectivity index (χ2v) is 4.56. The standard InChI is InChI=1S/C12H17N3O/c1-9-2-4-11(5-3-9)15-12(16)10-6-7-13-14-8-10/h6-9,11H,2-5H2,1H3,(H,15,16)/t9-,11-. The fraction of sp³-hybridized carbons (Fsp3) is 0.583. The molecule has 1 aliphatic carbocycles. The highest BCUT2D eigenvalue weighted by atomic mass is 16.1. The Labute approximate surface area is 95.5 Å². The second-order valence-electron chi connectivity index (χ2n) is 4.56. The van der Waals surface area contributed by atoms with E-state index in [-0.39, 0.29) is 5.91 Å². The molecule has 1 N–H and O–H groups in total. The molecule has 1 aromatic rings. The lowest BCUT2D eigenvalue weighted by Gasteiger charge is -2.26. The molecule has 0 atom stereocenters. The Morgan fingerprint density at radius 2 is 2.06 bits per heavy atom. The quantitative estimate of drug-likeness (QED) is 0.825. The molecule has 0 spiro atoms. The molecule has 4 nitrogen and oxygen atoms in total. The van der Waals surface area contributed by atoms with E-state index in [9.17, 15) is 4.79 Å². The summed E-state index contributed by atoms with van der Waals surface area (Å²) in [6.07, 6.45) is 7.63. The molecule has 0 radical (unpaired) electrons. The number of hydrogen-bond acceptors (Lipinski definition) is 3. The molecule has 0 bridgehead atoms. The lowest BCUT2D eigenvalue weighted by Crippen LogP contribution is -2.37. The fourth-order valence-corrected chi connectivity index (χ4v) is 2.10. The summed E-state index contributed by atoms with van der Waals surface area (Å²) in [7, 11) is 0. The SMILES string of the molecule is C[C@H]1CC[C@H](NC(=O)c2ccnnc2)CC1. The van der Waals surface area contributed by atoms with Crippen LogP contribution in [0.15, 0.2) is 18.5 Å². The van der Waals surface area contributed by atoms with Gasteiger partial charge in [-0.2, -0.15) is 10.2 Å². The van der Waals surface area contributed by atoms with Crippen LogP contribution < -0.4 is 5.32 Å². The van der Waals surface area contributed by atoms with Gasteiger partial charge >= 0.3 is 0 Å². The van der Waals surface area contributed by atoms with Crippen molar-refractivity contribution >= 4 is 5.91 Å². The van der Waals surface area contributed by atoms with Crippen LogP contribution >= 0.6 is 0 Å². The highest BCUT2D eigenvalue weighted by Gasteiger charge is 2.20. The van der Waals surface area contributed by atoms with Crippen LogP contribution in [0.4, 0.5) is 0 Å². The van der Waals surface area contributed by atoms with Gasteiger partial charge in [0.1, 0.15) is 0 Å². The van der Waals surface area contributed by atoms with Crippen molar-refractivity contribution in [3.05, 3.63) is 24.0 Å². The van der Waals surface area contributed by atoms with E-state index in [4.69, 9.17) is 0 Å². The predicted molar refractivity (Wildman–Crippen MR) is 60.9 cm³/mol. The van der Waals surface area contributed by atoms with Crippen molar-refractivity contribution < 1.29 is 4.79 Å². The average molecular weight is 219 g/mol. The molecule has 1 saturated carbocycles. The molecule has 1 amide bonds. The Kier molecular flexibility index (Phi) is 3.49. The summed E-state index contributed by atoms with van der Waals surface area (Å²) in [5.41, 5.74) is 0.591. The van der Waals surface area contributed by atoms with Gasteiger partial charge in [-0.3, -0.25) is 4.79 Å². The lowest BCUT2D eigenvalue weighted by molar-refractivity contribution is 0.0922. The summed E-state index contributed by atoms with van der Waals surface area (Å²) in [6.45, 7) is 2.27. The van der Waals surface area contributed by atoms with Crippen LogP contribution in [0.3, 0.4) is 0 Å². The molecule has 16 heavy (non-hydrogen) atoms. The molecule has 86 valence electrons. The zero-order valence-corrected chi connectivity index (χ0v) is 9.52. The monoisotopic (exact) mass is 219 g/mol. The van der Waals surface area contributed by atoms with Crippen LogP contribution in [0.5, 0.6) is 0 Å². The molecule has 2 rings (SSSR count). The van der Waals surface area contributed by atoms with Gasteiger partial charge in [-0.15, -0.1) is 0 Å². The number of nitrogens with zero attached hydrogens (tertiary/aromatic N) is 2. The highest BCUT2D eigenvalue weighted by molar-refractivity contribution is 5.93. The van der Waals surface area contributed by atoms with Gasteiger partial charge in [-0.05, 0) is 37.7 Å². The molecule has 1 aliphatic rings. The van der Waals surface area contributed by atoms with Crippen LogP contribution in [-0.4, -0.2) is 22.1 Å². The second kappa shape index (κ2) is 5.05. The number of hydrogen-bond donors (Lipinski definition) is 1. The van der Waals surface area contributed by atoms with E-state index in [1.807, 2.05) is 0 Å². The lowest BCUT2D eigenvalue weighted by atomic mass is 9.87. The zero-order valence-electron chi connectivity index (χ0n) is 9.52. The molecule has 1 heterocycles. The van der Waals surface area contributed by atoms with E-state index in [0.717, 1.165) is 18.8 Å². The van der Waals surface area contributed by atoms with Crippen molar-refractivity contribution in [2.45, 2.75) is 38.6 Å². The van der Waals surface area contributed by atoms with Crippen molar-refractivity contribution in [3.8, 4) is 0 Å². The summed E-state index contributed by atoms with van der Waals surface area (Å²) < 4.78 is 0. The maximum absolute atomic E-state index is 11.8. The molecule has 4 heteroatoms. The van der Waals surface area contributed by atoms with E-state index in [2.05, 4.69) is 22.4 Å². The predicted octanol–water partition coefficient (Wildman–Crippen LogP) is 1.79. The summed E-state index contributed by atoms with van der Waals surface area (Å²) >= 11 is 0. The normalized spacial score (nSPS) is 25.1. The van der Waals surface area contributed by atoms with E-state index >= 15 is 0 Å². The average Bonchev–Trinajstić information content (AvgIpc) is 2.33. The molecule has 0 aromatic carbocycles. The third kappa shape index (κ3) is 2.78. The van der Waals surface area contributed by atoms with Crippen molar-refractivity contribution in [1.82, 2.24) is 15.5 Å². The number of rotatable bonds is 2. The molecule has 0 aliphatic heterocycles. The van der Waals surface area contributed by atoms with Crippen LogP contribution in [0.2, 0.25) is 0 Å². The van der Waals surface area contributed by atoms with Gasteiger partial charge < -0.3 is 5.32 Å². The van der Waals surface area contributed by atoms with Crippen molar-refractivity contribution in [1.29, 1.82) is 0 Å². The molecule has 1 fully saturated rings. The van der Waals surface area contributed by atoms with Gasteiger partial charge in [0.25, 0.3) is 5.91 Å². The van der Waals surface area contributed by atoms with E-state index in [1.54, 1.807) is 6.07 Å². The van der Waals surface area contributed by atoms with Crippen LogP contribution in [-0.2, 0) is 0 Å². The molecule has 1 aromatic heterocycles. The Morgan fingerprint density at radius 1 is 1.31 bits per heavy atom. The van der Waals surface area contributed by atoms with Crippen molar-refractivity contribution in [2.75, 3.05) is 0 Å². The third-order valence-corrected chi connectivity index (χ3v) is 3.20. The zero-order chi connectivity index (χ0) is 11.4. The topological polar surface area (TPSA) is 54.9 Å². The van der Waals surface area contributed by atoms with Gasteiger partial charge in [-0.25, -0.2) is 0 Å². The van der Waals surface area contributed by atoms with E-state index in [0.29, 0.717) is 11.6 Å². The minimum Gasteiger partial charge on any atom is -0.349 e. The first-order chi connectivity index (χ1) is 7.75. The van der Waals surface area contributed by atoms with Gasteiger partial charge in [0.15, 0.2) is 0 Å². The third-order valence-electron chi connectivity index (χ3n) is 3.20. The number of nitrogens with one attached hydrogen (secondary N) is 1. The summed E-state index contributed by atoms with van der Waals surface area (Å²) in [5.74, 6) is 0.769. The first-order valence-electron chi connectivity index (χ1n) is 5.83. The van der Waals surface area contributed by atoms with Crippen LogP contribution in [0.25, 0.3) is 0 Å². The number of aromatic nitrogens is 2. The van der Waals surface area contributed by atoms with Crippen molar-refractivity contribution in [3.63, 3.8) is 0 Å². The first kappa shape index (κ1) is 11.0. The first-order valence-corrected chi connectivity index (χ1v) is 5.83. The van der Waals surface area contributed by atoms with Gasteiger partial charge in [0.2, 0.25) is 0 Å². The Bertz CT molecular complexity index is 345. The molecular formula is C12H17N3O. The van der Waals surface area contributed by atoms with Crippen LogP contribution in [0, 0.1) is 5.92 Å². The maximum atomic E-state index is 11.8. The molecule has 0 saturated heterocycles. The van der Waals surface area contributed by atoms with E-state index in [1.165, 1.54) is 25.2 Å². The number of carbonyl (C=O) groups excluding carboxylic acids is 1. The smallest absolute Gasteiger partial charge is 0.253 e. The molecular weight excluding hydrogens is 202 g/mol. The Morgan fingerprint density at radius 3 is 2.69 bits per heavy atom. The Balaban J connectivity index is 1.88. The Hall–Kier alpha value is -1.45. The molecule has 0 unspecified atom stereocenters. The van der Waals surface area contributed by atoms with Crippen LogP contribution in [0.1, 0.15) is 43.0 Å². The van der Waals surface area contributed by atoms with Gasteiger partial charge in [-0.1, -0.05) is 6.92 Å². The van der Waals surface area contributed by atoms with Gasteiger partial charge in [0, 0.05) is 6.04 Å². The van der Waals surface area contributed by atoms with Crippen molar-refractivity contribution in [2.24, 2.45) is 5.92 Å². The summed E-state index contributed by atoms with van der Waals surface area (Å²) in [5, 5.41) is 10.4. The minimum absolute atomic E-state index is 0.0329. The highest BCUT2D eigenvalue weighted by Crippen LogP contribution is 2.23. The number of carbonyl (C=O) groups is 1. The summed E-state index contributed by atoms with van der Waals surface area (Å²) in [6, 6.07) is 2.02.